The van der Waals surface area contributed by atoms with Gasteiger partial charge in [0.25, 0.3) is 0 Å². The number of carbonyl (C=O) groups excluding carboxylic acids is 1. The first kappa shape index (κ1) is 11.2. The van der Waals surface area contributed by atoms with Crippen LogP contribution in [0.2, 0.25) is 0 Å². The second-order valence-corrected chi connectivity index (χ2v) is 4.58. The first-order valence-corrected chi connectivity index (χ1v) is 5.44. The molecule has 0 aromatic rings. The van der Waals surface area contributed by atoms with Crippen LogP contribution in [0.5, 0.6) is 0 Å². The second kappa shape index (κ2) is 5.14. The van der Waals surface area contributed by atoms with Gasteiger partial charge in [0.15, 0.2) is 0 Å². The molecule has 1 aliphatic rings. The molecule has 0 fully saturated rings. The highest BCUT2D eigenvalue weighted by molar-refractivity contribution is 5.50. The molecular formula is C13H20O. The van der Waals surface area contributed by atoms with Crippen LogP contribution in [-0.2, 0) is 4.79 Å². The third kappa shape index (κ3) is 3.13. The van der Waals surface area contributed by atoms with E-state index in [4.69, 9.17) is 0 Å². The van der Waals surface area contributed by atoms with Crippen molar-refractivity contribution in [3.63, 3.8) is 0 Å². The summed E-state index contributed by atoms with van der Waals surface area (Å²) in [7, 11) is 0. The molecule has 1 atom stereocenters. The summed E-state index contributed by atoms with van der Waals surface area (Å²) in [6, 6.07) is 0. The van der Waals surface area contributed by atoms with Gasteiger partial charge < -0.3 is 4.79 Å². The van der Waals surface area contributed by atoms with Gasteiger partial charge in [-0.05, 0) is 31.1 Å². The Morgan fingerprint density at radius 1 is 1.57 bits per heavy atom. The average Bonchev–Trinajstić information content (AvgIpc) is 2.14. The smallest absolute Gasteiger partial charge is 0.120 e. The summed E-state index contributed by atoms with van der Waals surface area (Å²) in [4.78, 5) is 10.3. The van der Waals surface area contributed by atoms with Crippen molar-refractivity contribution in [3.8, 4) is 0 Å². The van der Waals surface area contributed by atoms with Gasteiger partial charge in [0.2, 0.25) is 0 Å². The Balaban J connectivity index is 2.58. The maximum atomic E-state index is 10.3. The van der Waals surface area contributed by atoms with Gasteiger partial charge >= 0.3 is 0 Å². The van der Waals surface area contributed by atoms with Gasteiger partial charge in [-0.1, -0.05) is 37.6 Å². The molecule has 0 N–H and O–H groups in total. The minimum atomic E-state index is 0.657. The molecule has 1 nitrogen and oxygen atoms in total. The highest BCUT2D eigenvalue weighted by atomic mass is 16.1. The van der Waals surface area contributed by atoms with Gasteiger partial charge in [-0.15, -0.1) is 0 Å². The van der Waals surface area contributed by atoms with Crippen LogP contribution in [0.3, 0.4) is 0 Å². The molecule has 0 bridgehead atoms. The number of aldehydes is 1. The maximum Gasteiger partial charge on any atom is 0.120 e. The molecule has 0 saturated heterocycles. The third-order valence-electron chi connectivity index (χ3n) is 2.98. The van der Waals surface area contributed by atoms with Crippen molar-refractivity contribution >= 4 is 6.29 Å². The molecule has 1 rings (SSSR count). The van der Waals surface area contributed by atoms with Crippen LogP contribution in [0.1, 0.15) is 39.5 Å². The summed E-state index contributed by atoms with van der Waals surface area (Å²) in [5, 5.41) is 0. The van der Waals surface area contributed by atoms with E-state index < -0.39 is 0 Å². The van der Waals surface area contributed by atoms with E-state index in [0.29, 0.717) is 12.3 Å². The van der Waals surface area contributed by atoms with Crippen molar-refractivity contribution in [3.05, 3.63) is 23.8 Å². The summed E-state index contributed by atoms with van der Waals surface area (Å²) in [6.07, 6.45) is 7.05. The van der Waals surface area contributed by atoms with E-state index in [1.165, 1.54) is 11.1 Å². The van der Waals surface area contributed by atoms with Gasteiger partial charge in [0.05, 0.1) is 0 Å². The molecule has 1 heteroatoms. The van der Waals surface area contributed by atoms with Crippen LogP contribution in [0.25, 0.3) is 0 Å². The summed E-state index contributed by atoms with van der Waals surface area (Å²) in [6.45, 7) is 8.57. The van der Waals surface area contributed by atoms with Crippen molar-refractivity contribution in [2.24, 2.45) is 11.8 Å². The molecule has 0 heterocycles. The average molecular weight is 192 g/mol. The van der Waals surface area contributed by atoms with E-state index in [2.05, 4.69) is 26.5 Å². The lowest BCUT2D eigenvalue weighted by Crippen LogP contribution is -2.14. The minimum Gasteiger partial charge on any atom is -0.303 e. The Labute approximate surface area is 86.9 Å². The Kier molecular flexibility index (Phi) is 4.12. The molecule has 0 aromatic carbocycles. The fourth-order valence-electron chi connectivity index (χ4n) is 2.04. The predicted molar refractivity (Wildman–Crippen MR) is 60.1 cm³/mol. The van der Waals surface area contributed by atoms with Crippen molar-refractivity contribution in [1.29, 1.82) is 0 Å². The van der Waals surface area contributed by atoms with Crippen LogP contribution in [0, 0.1) is 11.8 Å². The van der Waals surface area contributed by atoms with Crippen molar-refractivity contribution in [2.45, 2.75) is 39.5 Å². The Morgan fingerprint density at radius 3 is 2.86 bits per heavy atom. The predicted octanol–water partition coefficient (Wildman–Crippen LogP) is 3.51. The molecule has 0 amide bonds. The Morgan fingerprint density at radius 2 is 2.29 bits per heavy atom. The van der Waals surface area contributed by atoms with Crippen LogP contribution >= 0.6 is 0 Å². The van der Waals surface area contributed by atoms with Gasteiger partial charge in [-0.25, -0.2) is 0 Å². The molecule has 0 aliphatic heterocycles. The highest BCUT2D eigenvalue weighted by Gasteiger charge is 2.19. The first-order chi connectivity index (χ1) is 6.63. The topological polar surface area (TPSA) is 17.1 Å². The summed E-state index contributed by atoms with van der Waals surface area (Å²) in [5.74, 6) is 1.45. The zero-order chi connectivity index (χ0) is 10.6. The Hall–Kier alpha value is -0.850. The van der Waals surface area contributed by atoms with E-state index in [1.54, 1.807) is 0 Å². The SMILES string of the molecule is C=C1C=C(CCC=O)CC(C(C)C)C1. The number of hydrogen-bond donors (Lipinski definition) is 0. The quantitative estimate of drug-likeness (QED) is 0.623. The summed E-state index contributed by atoms with van der Waals surface area (Å²) < 4.78 is 0. The van der Waals surface area contributed by atoms with Crippen LogP contribution < -0.4 is 0 Å². The van der Waals surface area contributed by atoms with Gasteiger partial charge in [-0.2, -0.15) is 0 Å². The molecule has 1 aliphatic carbocycles. The summed E-state index contributed by atoms with van der Waals surface area (Å²) >= 11 is 0. The van der Waals surface area contributed by atoms with E-state index in [9.17, 15) is 4.79 Å². The number of carbonyl (C=O) groups is 1. The Bertz CT molecular complexity index is 248. The molecular weight excluding hydrogens is 172 g/mol. The highest BCUT2D eigenvalue weighted by Crippen LogP contribution is 2.33. The van der Waals surface area contributed by atoms with Gasteiger partial charge in [0.1, 0.15) is 6.29 Å². The number of hydrogen-bond acceptors (Lipinski definition) is 1. The van der Waals surface area contributed by atoms with Gasteiger partial charge in [-0.3, -0.25) is 0 Å². The first-order valence-electron chi connectivity index (χ1n) is 5.44. The summed E-state index contributed by atoms with van der Waals surface area (Å²) in [5.41, 5.74) is 2.64. The zero-order valence-electron chi connectivity index (χ0n) is 9.25. The van der Waals surface area contributed by atoms with Crippen LogP contribution in [0.4, 0.5) is 0 Å². The normalized spacial score (nSPS) is 22.4. The molecule has 0 saturated carbocycles. The lowest BCUT2D eigenvalue weighted by Gasteiger charge is -2.27. The molecule has 0 radical (unpaired) electrons. The third-order valence-corrected chi connectivity index (χ3v) is 2.98. The van der Waals surface area contributed by atoms with E-state index in [-0.39, 0.29) is 0 Å². The standard InChI is InChI=1S/C13H20O/c1-10(2)13-8-11(3)7-12(9-13)5-4-6-14/h6-7,10,13H,3-5,8-9H2,1-2H3. The monoisotopic (exact) mass is 192 g/mol. The fourth-order valence-corrected chi connectivity index (χ4v) is 2.04. The fraction of sp³-hybridized carbons (Fsp3) is 0.615. The molecule has 14 heavy (non-hydrogen) atoms. The van der Waals surface area contributed by atoms with Crippen molar-refractivity contribution < 1.29 is 4.79 Å². The van der Waals surface area contributed by atoms with E-state index in [1.807, 2.05) is 0 Å². The van der Waals surface area contributed by atoms with Crippen molar-refractivity contribution in [1.82, 2.24) is 0 Å². The molecule has 78 valence electrons. The van der Waals surface area contributed by atoms with Crippen LogP contribution in [0.15, 0.2) is 23.8 Å². The van der Waals surface area contributed by atoms with Crippen LogP contribution in [-0.4, -0.2) is 6.29 Å². The number of allylic oxidation sites excluding steroid dienone is 3. The van der Waals surface area contributed by atoms with E-state index in [0.717, 1.165) is 31.5 Å². The number of rotatable bonds is 4. The molecule has 0 aromatic heterocycles. The van der Waals surface area contributed by atoms with E-state index >= 15 is 0 Å². The van der Waals surface area contributed by atoms with Gasteiger partial charge in [0, 0.05) is 6.42 Å². The van der Waals surface area contributed by atoms with Crippen molar-refractivity contribution in [2.75, 3.05) is 0 Å². The molecule has 0 spiro atoms. The second-order valence-electron chi connectivity index (χ2n) is 4.58. The molecule has 1 unspecified atom stereocenters. The maximum absolute atomic E-state index is 10.3. The largest absolute Gasteiger partial charge is 0.303 e. The minimum absolute atomic E-state index is 0.657. The lowest BCUT2D eigenvalue weighted by atomic mass is 9.79. The lowest BCUT2D eigenvalue weighted by molar-refractivity contribution is -0.107. The zero-order valence-corrected chi connectivity index (χ0v) is 9.25.